The van der Waals surface area contributed by atoms with Gasteiger partial charge in [-0.2, -0.15) is 0 Å². The Bertz CT molecular complexity index is 545. The zero-order valence-electron chi connectivity index (χ0n) is 22.0. The lowest BCUT2D eigenvalue weighted by atomic mass is 9.73. The van der Waals surface area contributed by atoms with E-state index in [4.69, 9.17) is 0 Å². The molecule has 0 amide bonds. The number of unbranched alkanes of at least 4 members (excludes halogenated alkanes) is 2. The van der Waals surface area contributed by atoms with Crippen LogP contribution < -0.4 is 0 Å². The van der Waals surface area contributed by atoms with Crippen LogP contribution in [-0.4, -0.2) is 24.5 Å². The van der Waals surface area contributed by atoms with E-state index in [-0.39, 0.29) is 16.2 Å². The molecule has 30 heavy (non-hydrogen) atoms. The molecule has 1 rings (SSSR count). The third-order valence-electron chi connectivity index (χ3n) is 8.11. The van der Waals surface area contributed by atoms with Crippen molar-refractivity contribution in [1.29, 1.82) is 0 Å². The lowest BCUT2D eigenvalue weighted by Gasteiger charge is -2.36. The van der Waals surface area contributed by atoms with Gasteiger partial charge in [-0.15, -0.1) is 0 Å². The van der Waals surface area contributed by atoms with Gasteiger partial charge in [0, 0.05) is 12.0 Å². The number of nitrogens with zero attached hydrogens (tertiary/aromatic N) is 1. The first-order valence-electron chi connectivity index (χ1n) is 13.0. The second-order valence-electron chi connectivity index (χ2n) is 10.6. The van der Waals surface area contributed by atoms with Crippen LogP contribution in [0.15, 0.2) is 35.5 Å². The third kappa shape index (κ3) is 7.11. The number of rotatable bonds is 14. The van der Waals surface area contributed by atoms with Crippen molar-refractivity contribution in [2.45, 2.75) is 114 Å². The number of hydrogen-bond acceptors (Lipinski definition) is 1. The standard InChI is InChI=1S/C29H53N/c1-10-16-17-21-30(20-11-2)24-27(7)22-25(28(8,12-3)13-4)18-19-26(23-27)29(9,14-5)15-6/h18-19,22-23H,10-17,20-21,24H2,1-9H3. The zero-order chi connectivity index (χ0) is 22.8. The maximum absolute atomic E-state index is 2.73. The molecule has 0 aromatic heterocycles. The van der Waals surface area contributed by atoms with E-state index < -0.39 is 0 Å². The van der Waals surface area contributed by atoms with Gasteiger partial charge in [0.1, 0.15) is 0 Å². The molecule has 0 bridgehead atoms. The van der Waals surface area contributed by atoms with E-state index in [9.17, 15) is 0 Å². The maximum Gasteiger partial charge on any atom is 0.0172 e. The van der Waals surface area contributed by atoms with Crippen molar-refractivity contribution in [2.75, 3.05) is 19.6 Å². The first-order chi connectivity index (χ1) is 14.2. The normalized spacial score (nSPS) is 17.1. The Morgan fingerprint density at radius 2 is 1.17 bits per heavy atom. The SMILES string of the molecule is CCCCCN(CCC)CC1(C)C=C(C(C)(CC)CC)C=CC(C(C)(CC)CC)=C1. The lowest BCUT2D eigenvalue weighted by Crippen LogP contribution is -2.36. The first-order valence-corrected chi connectivity index (χ1v) is 13.0. The third-order valence-corrected chi connectivity index (χ3v) is 8.11. The molecule has 0 aromatic rings. The van der Waals surface area contributed by atoms with Crippen LogP contribution in [0.5, 0.6) is 0 Å². The Labute approximate surface area is 190 Å². The van der Waals surface area contributed by atoms with E-state index in [0.29, 0.717) is 0 Å². The molecule has 0 heterocycles. The van der Waals surface area contributed by atoms with Crippen LogP contribution in [0.1, 0.15) is 114 Å². The van der Waals surface area contributed by atoms with Crippen molar-refractivity contribution in [3.63, 3.8) is 0 Å². The minimum atomic E-state index is 0.0761. The van der Waals surface area contributed by atoms with Crippen LogP contribution in [0.25, 0.3) is 0 Å². The van der Waals surface area contributed by atoms with Gasteiger partial charge in [-0.25, -0.2) is 0 Å². The van der Waals surface area contributed by atoms with E-state index >= 15 is 0 Å². The van der Waals surface area contributed by atoms with Gasteiger partial charge in [-0.1, -0.05) is 99.5 Å². The number of allylic oxidation sites excluding steroid dienone is 4. The van der Waals surface area contributed by atoms with Crippen molar-refractivity contribution in [1.82, 2.24) is 4.90 Å². The minimum Gasteiger partial charge on any atom is -0.302 e. The fourth-order valence-corrected chi connectivity index (χ4v) is 4.84. The molecule has 0 aliphatic heterocycles. The van der Waals surface area contributed by atoms with Gasteiger partial charge in [0.25, 0.3) is 0 Å². The van der Waals surface area contributed by atoms with Crippen molar-refractivity contribution >= 4 is 0 Å². The van der Waals surface area contributed by atoms with E-state index in [1.54, 1.807) is 11.1 Å². The predicted molar refractivity (Wildman–Crippen MR) is 137 cm³/mol. The maximum atomic E-state index is 2.73. The van der Waals surface area contributed by atoms with Gasteiger partial charge >= 0.3 is 0 Å². The van der Waals surface area contributed by atoms with E-state index in [0.717, 1.165) is 6.54 Å². The highest BCUT2D eigenvalue weighted by molar-refractivity contribution is 5.42. The molecule has 0 saturated heterocycles. The van der Waals surface area contributed by atoms with Gasteiger partial charge in [0.05, 0.1) is 0 Å². The van der Waals surface area contributed by atoms with Gasteiger partial charge in [-0.3, -0.25) is 0 Å². The molecular weight excluding hydrogens is 362 g/mol. The summed E-state index contributed by atoms with van der Waals surface area (Å²) in [5, 5.41) is 0. The second-order valence-corrected chi connectivity index (χ2v) is 10.6. The largest absolute Gasteiger partial charge is 0.302 e. The van der Waals surface area contributed by atoms with Crippen LogP contribution >= 0.6 is 0 Å². The number of hydrogen-bond donors (Lipinski definition) is 0. The highest BCUT2D eigenvalue weighted by Crippen LogP contribution is 2.44. The van der Waals surface area contributed by atoms with Crippen molar-refractivity contribution in [2.24, 2.45) is 16.2 Å². The quantitative estimate of drug-likeness (QED) is 0.256. The van der Waals surface area contributed by atoms with Gasteiger partial charge in [0.2, 0.25) is 0 Å². The molecule has 0 radical (unpaired) electrons. The highest BCUT2D eigenvalue weighted by Gasteiger charge is 2.33. The molecule has 1 aliphatic carbocycles. The van der Waals surface area contributed by atoms with Crippen LogP contribution in [0.2, 0.25) is 0 Å². The Morgan fingerprint density at radius 1 is 0.700 bits per heavy atom. The molecule has 0 fully saturated rings. The fourth-order valence-electron chi connectivity index (χ4n) is 4.84. The fraction of sp³-hybridized carbons (Fsp3) is 0.793. The first kappa shape index (κ1) is 27.2. The summed E-state index contributed by atoms with van der Waals surface area (Å²) in [6.07, 6.45) is 20.2. The van der Waals surface area contributed by atoms with E-state index in [1.165, 1.54) is 64.5 Å². The minimum absolute atomic E-state index is 0.0761. The summed E-state index contributed by atoms with van der Waals surface area (Å²) in [5.41, 5.74) is 3.68. The summed E-state index contributed by atoms with van der Waals surface area (Å²) in [7, 11) is 0. The van der Waals surface area contributed by atoms with Crippen molar-refractivity contribution < 1.29 is 0 Å². The second kappa shape index (κ2) is 12.3. The molecule has 0 unspecified atom stereocenters. The van der Waals surface area contributed by atoms with Gasteiger partial charge in [-0.05, 0) is 73.6 Å². The van der Waals surface area contributed by atoms with E-state index in [2.05, 4.69) is 91.5 Å². The van der Waals surface area contributed by atoms with Crippen LogP contribution in [0, 0.1) is 16.2 Å². The van der Waals surface area contributed by atoms with Crippen LogP contribution in [0.3, 0.4) is 0 Å². The summed E-state index contributed by atoms with van der Waals surface area (Å²) < 4.78 is 0. The molecule has 0 spiro atoms. The monoisotopic (exact) mass is 415 g/mol. The molecule has 0 aromatic carbocycles. The summed E-state index contributed by atoms with van der Waals surface area (Å²) >= 11 is 0. The smallest absolute Gasteiger partial charge is 0.0172 e. The predicted octanol–water partition coefficient (Wildman–Crippen LogP) is 8.97. The molecule has 0 N–H and O–H groups in total. The summed E-state index contributed by atoms with van der Waals surface area (Å²) in [6, 6.07) is 0. The Kier molecular flexibility index (Phi) is 11.1. The topological polar surface area (TPSA) is 3.24 Å². The van der Waals surface area contributed by atoms with E-state index in [1.807, 2.05) is 0 Å². The summed E-state index contributed by atoms with van der Waals surface area (Å²) in [6.45, 7) is 25.0. The lowest BCUT2D eigenvalue weighted by molar-refractivity contribution is 0.217. The van der Waals surface area contributed by atoms with Gasteiger partial charge in [0.15, 0.2) is 0 Å². The average Bonchev–Trinajstić information content (AvgIpc) is 2.92. The Balaban J connectivity index is 3.42. The zero-order valence-corrected chi connectivity index (χ0v) is 22.0. The molecule has 174 valence electrons. The molecule has 1 heteroatoms. The average molecular weight is 416 g/mol. The van der Waals surface area contributed by atoms with Crippen molar-refractivity contribution in [3.8, 4) is 0 Å². The summed E-state index contributed by atoms with van der Waals surface area (Å²) in [4.78, 5) is 2.73. The molecule has 0 atom stereocenters. The Hall–Kier alpha value is -0.820. The Morgan fingerprint density at radius 3 is 1.53 bits per heavy atom. The molecule has 0 saturated carbocycles. The van der Waals surface area contributed by atoms with Crippen LogP contribution in [-0.2, 0) is 0 Å². The van der Waals surface area contributed by atoms with Gasteiger partial charge < -0.3 is 4.90 Å². The van der Waals surface area contributed by atoms with Crippen molar-refractivity contribution in [3.05, 3.63) is 35.5 Å². The van der Waals surface area contributed by atoms with Crippen LogP contribution in [0.4, 0.5) is 0 Å². The summed E-state index contributed by atoms with van der Waals surface area (Å²) in [5.74, 6) is 0. The molecule has 1 nitrogen and oxygen atoms in total. The molecule has 1 aliphatic rings. The molecular formula is C29H53N. The highest BCUT2D eigenvalue weighted by atomic mass is 15.1.